The summed E-state index contributed by atoms with van der Waals surface area (Å²) in [5, 5.41) is 9.09. The van der Waals surface area contributed by atoms with Gasteiger partial charge in [-0.3, -0.25) is 4.72 Å². The van der Waals surface area contributed by atoms with E-state index >= 15 is 0 Å². The molecule has 2 N–H and O–H groups in total. The fraction of sp³-hybridized carbons (Fsp3) is 0.0833. The summed E-state index contributed by atoms with van der Waals surface area (Å²) in [5.41, 5.74) is 0.0807. The molecule has 21 heavy (non-hydrogen) atoms. The number of carboxylic acids is 1. The number of nitrogens with one attached hydrogen (secondary N) is 1. The highest BCUT2D eigenvalue weighted by Crippen LogP contribution is 2.26. The summed E-state index contributed by atoms with van der Waals surface area (Å²) in [7, 11) is -4.00. The number of rotatable bonds is 4. The van der Waals surface area contributed by atoms with Gasteiger partial charge in [0, 0.05) is 5.02 Å². The van der Waals surface area contributed by atoms with Gasteiger partial charge >= 0.3 is 5.97 Å². The van der Waals surface area contributed by atoms with Crippen molar-refractivity contribution < 1.29 is 18.3 Å². The van der Waals surface area contributed by atoms with Crippen LogP contribution in [0.3, 0.4) is 0 Å². The van der Waals surface area contributed by atoms with E-state index in [4.69, 9.17) is 16.7 Å². The van der Waals surface area contributed by atoms with Crippen molar-refractivity contribution >= 4 is 33.3 Å². The van der Waals surface area contributed by atoms with Gasteiger partial charge in [0.15, 0.2) is 0 Å². The first kappa shape index (κ1) is 15.2. The molecule has 0 saturated carbocycles. The van der Waals surface area contributed by atoms with Crippen LogP contribution in [-0.2, 0) is 10.0 Å². The fourth-order valence-corrected chi connectivity index (χ4v) is 3.32. The predicted octanol–water partition coefficient (Wildman–Crippen LogP) is 1.94. The molecule has 0 saturated heterocycles. The molecule has 0 unspecified atom stereocenters. The third-order valence-electron chi connectivity index (χ3n) is 2.66. The lowest BCUT2D eigenvalue weighted by molar-refractivity contribution is 0.0696. The van der Waals surface area contributed by atoms with Crippen LogP contribution < -0.4 is 4.72 Å². The highest BCUT2D eigenvalue weighted by atomic mass is 35.5. The molecule has 9 heteroatoms. The number of benzene rings is 1. The molecule has 0 aliphatic rings. The van der Waals surface area contributed by atoms with Gasteiger partial charge in [-0.1, -0.05) is 11.6 Å². The van der Waals surface area contributed by atoms with Crippen molar-refractivity contribution in [3.63, 3.8) is 0 Å². The zero-order valence-corrected chi connectivity index (χ0v) is 12.3. The monoisotopic (exact) mass is 327 g/mol. The van der Waals surface area contributed by atoms with E-state index in [1.165, 1.54) is 37.8 Å². The minimum atomic E-state index is -4.00. The molecule has 0 radical (unpaired) electrons. The number of aromatic nitrogens is 2. The van der Waals surface area contributed by atoms with E-state index in [0.717, 1.165) is 0 Å². The quantitative estimate of drug-likeness (QED) is 0.888. The Hall–Kier alpha value is -2.19. The largest absolute Gasteiger partial charge is 0.478 e. The van der Waals surface area contributed by atoms with Crippen LogP contribution in [0.25, 0.3) is 0 Å². The number of halogens is 1. The van der Waals surface area contributed by atoms with Gasteiger partial charge in [-0.05, 0) is 24.6 Å². The normalized spacial score (nSPS) is 11.1. The number of hydrogen-bond donors (Lipinski definition) is 2. The minimum absolute atomic E-state index is 0.0164. The van der Waals surface area contributed by atoms with E-state index in [0.29, 0.717) is 0 Å². The second kappa shape index (κ2) is 5.66. The third-order valence-corrected chi connectivity index (χ3v) is 4.38. The summed E-state index contributed by atoms with van der Waals surface area (Å²) in [6.45, 7) is 1.40. The van der Waals surface area contributed by atoms with Gasteiger partial charge in [0.25, 0.3) is 10.0 Å². The molecule has 7 nitrogen and oxygen atoms in total. The summed E-state index contributed by atoms with van der Waals surface area (Å²) in [6, 6.07) is 2.39. The fourth-order valence-electron chi connectivity index (χ4n) is 1.72. The molecule has 2 aromatic rings. The number of nitrogens with zero attached hydrogens (tertiary/aromatic N) is 2. The number of aromatic carboxylic acids is 1. The first-order valence-corrected chi connectivity index (χ1v) is 7.48. The number of carbonyl (C=O) groups is 1. The average Bonchev–Trinajstić information content (AvgIpc) is 2.41. The maximum atomic E-state index is 12.3. The topological polar surface area (TPSA) is 109 Å². The zero-order chi connectivity index (χ0) is 15.6. The Morgan fingerprint density at radius 3 is 2.48 bits per heavy atom. The van der Waals surface area contributed by atoms with Gasteiger partial charge in [0.05, 0.1) is 28.5 Å². The summed E-state index contributed by atoms with van der Waals surface area (Å²) < 4.78 is 26.9. The first-order valence-electron chi connectivity index (χ1n) is 5.62. The molecule has 2 rings (SSSR count). The van der Waals surface area contributed by atoms with Crippen molar-refractivity contribution in [3.8, 4) is 0 Å². The van der Waals surface area contributed by atoms with Crippen LogP contribution in [0, 0.1) is 6.92 Å². The maximum Gasteiger partial charge on any atom is 0.336 e. The first-order chi connectivity index (χ1) is 9.81. The lowest BCUT2D eigenvalue weighted by Gasteiger charge is -2.12. The van der Waals surface area contributed by atoms with E-state index in [2.05, 4.69) is 14.7 Å². The summed E-state index contributed by atoms with van der Waals surface area (Å²) >= 11 is 5.79. The highest BCUT2D eigenvalue weighted by Gasteiger charge is 2.22. The van der Waals surface area contributed by atoms with Gasteiger partial charge in [-0.15, -0.1) is 0 Å². The molecule has 0 bridgehead atoms. The Kier molecular flexibility index (Phi) is 4.10. The number of anilines is 1. The van der Waals surface area contributed by atoms with Crippen LogP contribution in [0.1, 0.15) is 15.9 Å². The van der Waals surface area contributed by atoms with E-state index in [1.807, 2.05) is 0 Å². The van der Waals surface area contributed by atoms with Crippen LogP contribution in [0.5, 0.6) is 0 Å². The minimum Gasteiger partial charge on any atom is -0.478 e. The highest BCUT2D eigenvalue weighted by molar-refractivity contribution is 7.92. The predicted molar refractivity (Wildman–Crippen MR) is 76.0 cm³/mol. The molecule has 0 spiro atoms. The second-order valence-electron chi connectivity index (χ2n) is 4.11. The van der Waals surface area contributed by atoms with E-state index < -0.39 is 16.0 Å². The van der Waals surface area contributed by atoms with Crippen LogP contribution in [0.15, 0.2) is 35.7 Å². The Morgan fingerprint density at radius 1 is 1.29 bits per heavy atom. The molecule has 0 fully saturated rings. The molecule has 1 heterocycles. The molecule has 0 amide bonds. The van der Waals surface area contributed by atoms with Crippen molar-refractivity contribution in [2.75, 3.05) is 4.72 Å². The van der Waals surface area contributed by atoms with Crippen LogP contribution in [-0.4, -0.2) is 29.5 Å². The Balaban J connectivity index is 2.53. The van der Waals surface area contributed by atoms with Gasteiger partial charge in [-0.2, -0.15) is 0 Å². The molecule has 1 aromatic carbocycles. The second-order valence-corrected chi connectivity index (χ2v) is 6.20. The molecule has 0 atom stereocenters. The summed E-state index contributed by atoms with van der Waals surface area (Å²) in [6.07, 6.45) is 3.82. The van der Waals surface area contributed by atoms with Crippen molar-refractivity contribution in [1.29, 1.82) is 0 Å². The molecular formula is C12H10ClN3O4S. The SMILES string of the molecule is Cc1c(C(=O)O)cc(Cl)cc1S(=O)(=O)Nc1cncnc1. The maximum absolute atomic E-state index is 12.3. The number of carboxylic acid groups (broad SMARTS) is 1. The molecule has 0 aliphatic heterocycles. The van der Waals surface area contributed by atoms with Crippen LogP contribution >= 0.6 is 11.6 Å². The van der Waals surface area contributed by atoms with E-state index in [1.54, 1.807) is 0 Å². The van der Waals surface area contributed by atoms with Crippen molar-refractivity contribution in [2.45, 2.75) is 11.8 Å². The molecule has 0 aliphatic carbocycles. The van der Waals surface area contributed by atoms with Gasteiger partial charge in [-0.25, -0.2) is 23.2 Å². The third kappa shape index (κ3) is 3.29. The van der Waals surface area contributed by atoms with Crippen molar-refractivity contribution in [3.05, 3.63) is 47.0 Å². The number of sulfonamides is 1. The van der Waals surface area contributed by atoms with Gasteiger partial charge in [0.1, 0.15) is 6.33 Å². The Morgan fingerprint density at radius 2 is 1.90 bits per heavy atom. The Labute approximate surface area is 125 Å². The van der Waals surface area contributed by atoms with Gasteiger partial charge < -0.3 is 5.11 Å². The molecule has 1 aromatic heterocycles. The standard InChI is InChI=1S/C12H10ClN3O4S/c1-7-10(12(17)18)2-8(13)3-11(7)21(19,20)16-9-4-14-6-15-5-9/h2-6,16H,1H3,(H,17,18). The van der Waals surface area contributed by atoms with Crippen LogP contribution in [0.2, 0.25) is 5.02 Å². The van der Waals surface area contributed by atoms with Crippen molar-refractivity contribution in [1.82, 2.24) is 9.97 Å². The molecular weight excluding hydrogens is 318 g/mol. The zero-order valence-electron chi connectivity index (χ0n) is 10.7. The average molecular weight is 328 g/mol. The molecule has 110 valence electrons. The van der Waals surface area contributed by atoms with Gasteiger partial charge in [0.2, 0.25) is 0 Å². The van der Waals surface area contributed by atoms with E-state index in [9.17, 15) is 13.2 Å². The number of hydrogen-bond acceptors (Lipinski definition) is 5. The summed E-state index contributed by atoms with van der Waals surface area (Å²) in [4.78, 5) is 18.3. The smallest absolute Gasteiger partial charge is 0.336 e. The lowest BCUT2D eigenvalue weighted by atomic mass is 10.1. The Bertz CT molecular complexity index is 794. The summed E-state index contributed by atoms with van der Waals surface area (Å²) in [5.74, 6) is -1.26. The lowest BCUT2D eigenvalue weighted by Crippen LogP contribution is -2.16. The van der Waals surface area contributed by atoms with E-state index in [-0.39, 0.29) is 26.7 Å². The van der Waals surface area contributed by atoms with Crippen LogP contribution in [0.4, 0.5) is 5.69 Å². The van der Waals surface area contributed by atoms with Crippen molar-refractivity contribution in [2.24, 2.45) is 0 Å².